The molecule has 1 aliphatic heterocycles. The molecule has 2 aromatic carbocycles. The van der Waals surface area contributed by atoms with E-state index in [9.17, 15) is 4.79 Å². The Morgan fingerprint density at radius 2 is 1.73 bits per heavy atom. The minimum Gasteiger partial charge on any atom is -0.368 e. The van der Waals surface area contributed by atoms with Crippen LogP contribution in [0.3, 0.4) is 0 Å². The van der Waals surface area contributed by atoms with Crippen LogP contribution in [0.1, 0.15) is 18.1 Å². The van der Waals surface area contributed by atoms with Crippen molar-refractivity contribution in [1.29, 1.82) is 0 Å². The number of aryl methyl sites for hydroxylation is 1. The van der Waals surface area contributed by atoms with Gasteiger partial charge in [0.25, 0.3) is 0 Å². The van der Waals surface area contributed by atoms with Crippen molar-refractivity contribution in [2.75, 3.05) is 31.1 Å². The largest absolute Gasteiger partial charge is 0.368 e. The van der Waals surface area contributed by atoms with Crippen molar-refractivity contribution in [1.82, 2.24) is 25.1 Å². The standard InChI is InChI=1S/C22H26N6OS/c1-16-8-7-11-20(17(16)2)28-22(23-24-25-28)30-18(3)21(29)27-14-12-26(13-15-27)19-9-5-4-6-10-19/h4-11,18H,12-15H2,1-3H3. The van der Waals surface area contributed by atoms with E-state index in [1.165, 1.54) is 23.0 Å². The van der Waals surface area contributed by atoms with Gasteiger partial charge in [-0.1, -0.05) is 42.1 Å². The van der Waals surface area contributed by atoms with Crippen LogP contribution in [0.4, 0.5) is 5.69 Å². The molecule has 1 aliphatic rings. The molecule has 1 aromatic heterocycles. The Kier molecular flexibility index (Phi) is 6.03. The van der Waals surface area contributed by atoms with E-state index >= 15 is 0 Å². The van der Waals surface area contributed by atoms with Gasteiger partial charge in [-0.2, -0.15) is 4.68 Å². The third-order valence-electron chi connectivity index (χ3n) is 5.59. The van der Waals surface area contributed by atoms with E-state index in [0.29, 0.717) is 5.16 Å². The molecule has 8 heteroatoms. The molecule has 0 radical (unpaired) electrons. The fourth-order valence-corrected chi connectivity index (χ4v) is 4.54. The molecule has 3 aromatic rings. The van der Waals surface area contributed by atoms with E-state index in [-0.39, 0.29) is 11.2 Å². The normalized spacial score (nSPS) is 15.3. The maximum absolute atomic E-state index is 13.0. The van der Waals surface area contributed by atoms with Gasteiger partial charge in [0.15, 0.2) is 0 Å². The van der Waals surface area contributed by atoms with Gasteiger partial charge in [0.1, 0.15) is 0 Å². The van der Waals surface area contributed by atoms with Crippen molar-refractivity contribution in [2.45, 2.75) is 31.2 Å². The molecule has 1 atom stereocenters. The van der Waals surface area contributed by atoms with Crippen LogP contribution in [0.5, 0.6) is 0 Å². The van der Waals surface area contributed by atoms with Gasteiger partial charge in [-0.15, -0.1) is 5.10 Å². The SMILES string of the molecule is Cc1cccc(-n2nnnc2SC(C)C(=O)N2CCN(c3ccccc3)CC2)c1C. The molecule has 0 spiro atoms. The predicted octanol–water partition coefficient (Wildman–Crippen LogP) is 3.11. The molecule has 0 N–H and O–H groups in total. The van der Waals surface area contributed by atoms with E-state index in [1.54, 1.807) is 4.68 Å². The molecule has 156 valence electrons. The Bertz CT molecular complexity index is 1010. The number of nitrogens with zero attached hydrogens (tertiary/aromatic N) is 6. The fraction of sp³-hybridized carbons (Fsp3) is 0.364. The lowest BCUT2D eigenvalue weighted by molar-refractivity contribution is -0.130. The Hall–Kier alpha value is -2.87. The molecular formula is C22H26N6OS. The van der Waals surface area contributed by atoms with Gasteiger partial charge in [0.05, 0.1) is 10.9 Å². The molecule has 4 rings (SSSR count). The van der Waals surface area contributed by atoms with Gasteiger partial charge in [-0.25, -0.2) is 0 Å². The number of thioether (sulfide) groups is 1. The first-order chi connectivity index (χ1) is 14.5. The highest BCUT2D eigenvalue weighted by Gasteiger charge is 2.27. The molecule has 1 saturated heterocycles. The van der Waals surface area contributed by atoms with Gasteiger partial charge in [-0.3, -0.25) is 4.79 Å². The maximum Gasteiger partial charge on any atom is 0.236 e. The van der Waals surface area contributed by atoms with Crippen LogP contribution in [0.15, 0.2) is 53.7 Å². The van der Waals surface area contributed by atoms with Gasteiger partial charge in [0.2, 0.25) is 11.1 Å². The molecule has 7 nitrogen and oxygen atoms in total. The van der Waals surface area contributed by atoms with Crippen molar-refractivity contribution >= 4 is 23.4 Å². The number of tetrazole rings is 1. The molecule has 1 unspecified atom stereocenters. The Morgan fingerprint density at radius 3 is 2.47 bits per heavy atom. The first-order valence-electron chi connectivity index (χ1n) is 10.1. The van der Waals surface area contributed by atoms with E-state index < -0.39 is 0 Å². The van der Waals surface area contributed by atoms with E-state index in [4.69, 9.17) is 0 Å². The minimum absolute atomic E-state index is 0.128. The van der Waals surface area contributed by atoms with Crippen LogP contribution in [0.2, 0.25) is 0 Å². The monoisotopic (exact) mass is 422 g/mol. The number of piperazine rings is 1. The molecule has 0 saturated carbocycles. The second kappa shape index (κ2) is 8.87. The Labute approximate surface area is 181 Å². The van der Waals surface area contributed by atoms with Crippen molar-refractivity contribution in [3.8, 4) is 5.69 Å². The number of hydrogen-bond donors (Lipinski definition) is 0. The maximum atomic E-state index is 13.0. The van der Waals surface area contributed by atoms with Crippen molar-refractivity contribution in [3.63, 3.8) is 0 Å². The summed E-state index contributed by atoms with van der Waals surface area (Å²) in [5.74, 6) is 0.128. The molecule has 1 amide bonds. The lowest BCUT2D eigenvalue weighted by atomic mass is 10.1. The quantitative estimate of drug-likeness (QED) is 0.589. The number of rotatable bonds is 5. The highest BCUT2D eigenvalue weighted by atomic mass is 32.2. The summed E-state index contributed by atoms with van der Waals surface area (Å²) in [6, 6.07) is 16.4. The third kappa shape index (κ3) is 4.18. The Balaban J connectivity index is 1.41. The van der Waals surface area contributed by atoms with Gasteiger partial charge < -0.3 is 9.80 Å². The highest BCUT2D eigenvalue weighted by molar-refractivity contribution is 8.00. The summed E-state index contributed by atoms with van der Waals surface area (Å²) >= 11 is 1.41. The summed E-state index contributed by atoms with van der Waals surface area (Å²) in [5.41, 5.74) is 4.46. The highest BCUT2D eigenvalue weighted by Crippen LogP contribution is 2.27. The summed E-state index contributed by atoms with van der Waals surface area (Å²) in [6.07, 6.45) is 0. The second-order valence-electron chi connectivity index (χ2n) is 7.50. The summed E-state index contributed by atoms with van der Waals surface area (Å²) in [7, 11) is 0. The van der Waals surface area contributed by atoms with Crippen molar-refractivity contribution in [2.24, 2.45) is 0 Å². The van der Waals surface area contributed by atoms with Crippen molar-refractivity contribution < 1.29 is 4.79 Å². The van der Waals surface area contributed by atoms with Gasteiger partial charge in [0, 0.05) is 31.9 Å². The summed E-state index contributed by atoms with van der Waals surface area (Å²) in [6.45, 7) is 9.18. The molecule has 0 bridgehead atoms. The van der Waals surface area contributed by atoms with Crippen LogP contribution in [0, 0.1) is 13.8 Å². The number of para-hydroxylation sites is 1. The van der Waals surface area contributed by atoms with Crippen LogP contribution in [-0.4, -0.2) is 62.4 Å². The number of carbonyl (C=O) groups is 1. The first-order valence-corrected chi connectivity index (χ1v) is 11.0. The smallest absolute Gasteiger partial charge is 0.236 e. The lowest BCUT2D eigenvalue weighted by Crippen LogP contribution is -2.50. The van der Waals surface area contributed by atoms with E-state index in [2.05, 4.69) is 52.5 Å². The lowest BCUT2D eigenvalue weighted by Gasteiger charge is -2.37. The zero-order valence-electron chi connectivity index (χ0n) is 17.5. The van der Waals surface area contributed by atoms with Gasteiger partial charge >= 0.3 is 0 Å². The number of benzene rings is 2. The van der Waals surface area contributed by atoms with Crippen LogP contribution >= 0.6 is 11.8 Å². The summed E-state index contributed by atoms with van der Waals surface area (Å²) in [4.78, 5) is 17.3. The first kappa shape index (κ1) is 20.4. The number of carbonyl (C=O) groups excluding carboxylic acids is 1. The zero-order chi connectivity index (χ0) is 21.1. The van der Waals surface area contributed by atoms with Crippen LogP contribution in [0.25, 0.3) is 5.69 Å². The third-order valence-corrected chi connectivity index (χ3v) is 6.61. The zero-order valence-corrected chi connectivity index (χ0v) is 18.3. The number of hydrogen-bond acceptors (Lipinski definition) is 6. The Morgan fingerprint density at radius 1 is 1.00 bits per heavy atom. The van der Waals surface area contributed by atoms with Crippen LogP contribution < -0.4 is 4.90 Å². The molecule has 30 heavy (non-hydrogen) atoms. The van der Waals surface area contributed by atoms with E-state index in [0.717, 1.165) is 37.4 Å². The summed E-state index contributed by atoms with van der Waals surface area (Å²) in [5, 5.41) is 12.5. The summed E-state index contributed by atoms with van der Waals surface area (Å²) < 4.78 is 1.73. The fourth-order valence-electron chi connectivity index (χ4n) is 3.66. The molecule has 0 aliphatic carbocycles. The topological polar surface area (TPSA) is 67.2 Å². The van der Waals surface area contributed by atoms with Crippen molar-refractivity contribution in [3.05, 3.63) is 59.7 Å². The minimum atomic E-state index is -0.261. The van der Waals surface area contributed by atoms with Gasteiger partial charge in [-0.05, 0) is 60.5 Å². The number of aromatic nitrogens is 4. The average Bonchev–Trinajstić information content (AvgIpc) is 3.23. The second-order valence-corrected chi connectivity index (χ2v) is 8.81. The van der Waals surface area contributed by atoms with E-state index in [1.807, 2.05) is 42.2 Å². The molecule has 2 heterocycles. The molecular weight excluding hydrogens is 396 g/mol. The average molecular weight is 423 g/mol. The number of amides is 1. The number of anilines is 1. The molecule has 1 fully saturated rings. The predicted molar refractivity (Wildman–Crippen MR) is 119 cm³/mol. The van der Waals surface area contributed by atoms with Crippen LogP contribution in [-0.2, 0) is 4.79 Å².